The van der Waals surface area contributed by atoms with Crippen LogP contribution >= 0.6 is 22.7 Å². The third-order valence-electron chi connectivity index (χ3n) is 3.73. The molecule has 1 N–H and O–H groups in total. The summed E-state index contributed by atoms with van der Waals surface area (Å²) in [6.45, 7) is 10.2. The lowest BCUT2D eigenvalue weighted by Crippen LogP contribution is -2.27. The maximum atomic E-state index is 12.7. The van der Waals surface area contributed by atoms with Gasteiger partial charge in [-0.15, -0.1) is 22.7 Å². The molecule has 2 amide bonds. The fourth-order valence-electron chi connectivity index (χ4n) is 2.08. The van der Waals surface area contributed by atoms with Crippen LogP contribution in [0.15, 0.2) is 17.5 Å². The van der Waals surface area contributed by atoms with Crippen LogP contribution in [0.3, 0.4) is 0 Å². The number of nitrogens with zero attached hydrogens (tertiary/aromatic N) is 1. The maximum absolute atomic E-state index is 12.7. The molecule has 0 atom stereocenters. The second-order valence-electron chi connectivity index (χ2n) is 7.01. The van der Waals surface area contributed by atoms with Crippen molar-refractivity contribution in [1.29, 1.82) is 0 Å². The Labute approximate surface area is 151 Å². The number of anilines is 1. The van der Waals surface area contributed by atoms with Gasteiger partial charge in [0.05, 0.1) is 16.4 Å². The molecule has 130 valence electrons. The van der Waals surface area contributed by atoms with Crippen LogP contribution in [-0.2, 0) is 11.3 Å². The molecule has 24 heavy (non-hydrogen) atoms. The largest absolute Gasteiger partial charge is 0.336 e. The highest BCUT2D eigenvalue weighted by Gasteiger charge is 2.24. The van der Waals surface area contributed by atoms with Crippen LogP contribution in [0.2, 0.25) is 0 Å². The molecule has 0 saturated heterocycles. The van der Waals surface area contributed by atoms with Gasteiger partial charge in [-0.1, -0.05) is 20.8 Å². The van der Waals surface area contributed by atoms with E-state index >= 15 is 0 Å². The zero-order valence-electron chi connectivity index (χ0n) is 15.0. The minimum atomic E-state index is -0.463. The second kappa shape index (κ2) is 7.07. The zero-order valence-corrected chi connectivity index (χ0v) is 16.7. The highest BCUT2D eigenvalue weighted by Crippen LogP contribution is 2.30. The number of hydrogen-bond acceptors (Lipinski definition) is 4. The Hall–Kier alpha value is -1.66. The molecule has 0 aliphatic carbocycles. The minimum absolute atomic E-state index is 0.0124. The Morgan fingerprint density at radius 2 is 1.88 bits per heavy atom. The van der Waals surface area contributed by atoms with Gasteiger partial charge in [0.15, 0.2) is 0 Å². The first-order valence-electron chi connectivity index (χ1n) is 7.80. The summed E-state index contributed by atoms with van der Waals surface area (Å²) in [4.78, 5) is 28.4. The van der Waals surface area contributed by atoms with E-state index in [-0.39, 0.29) is 11.8 Å². The Morgan fingerprint density at radius 3 is 2.42 bits per heavy atom. The summed E-state index contributed by atoms with van der Waals surface area (Å²) in [6.07, 6.45) is 0. The van der Waals surface area contributed by atoms with Gasteiger partial charge in [0.1, 0.15) is 0 Å². The molecule has 2 rings (SSSR count). The summed E-state index contributed by atoms with van der Waals surface area (Å²) >= 11 is 3.00. The molecule has 6 heteroatoms. The predicted octanol–water partition coefficient (Wildman–Crippen LogP) is 4.68. The summed E-state index contributed by atoms with van der Waals surface area (Å²) in [5.74, 6) is -0.0631. The molecule has 0 saturated carbocycles. The van der Waals surface area contributed by atoms with Crippen LogP contribution in [0.5, 0.6) is 0 Å². The molecule has 0 aromatic carbocycles. The monoisotopic (exact) mass is 364 g/mol. The molecule has 2 heterocycles. The summed E-state index contributed by atoms with van der Waals surface area (Å²) < 4.78 is 0. The quantitative estimate of drug-likeness (QED) is 0.856. The van der Waals surface area contributed by atoms with Gasteiger partial charge < -0.3 is 10.2 Å². The predicted molar refractivity (Wildman–Crippen MR) is 102 cm³/mol. The summed E-state index contributed by atoms with van der Waals surface area (Å²) in [5.41, 5.74) is 1.64. The van der Waals surface area contributed by atoms with Crippen LogP contribution < -0.4 is 5.32 Å². The van der Waals surface area contributed by atoms with Crippen molar-refractivity contribution in [3.05, 3.63) is 38.4 Å². The zero-order chi connectivity index (χ0) is 18.1. The van der Waals surface area contributed by atoms with Gasteiger partial charge in [-0.25, -0.2) is 0 Å². The SMILES string of the molecule is Cc1ccsc1CN(C)C(=O)c1sc(NC(=O)C(C)(C)C)cc1C. The average Bonchev–Trinajstić information content (AvgIpc) is 3.03. The summed E-state index contributed by atoms with van der Waals surface area (Å²) in [7, 11) is 1.81. The molecule has 0 spiro atoms. The number of nitrogens with one attached hydrogen (secondary N) is 1. The second-order valence-corrected chi connectivity index (χ2v) is 9.07. The molecule has 0 radical (unpaired) electrons. The van der Waals surface area contributed by atoms with Gasteiger partial charge in [0, 0.05) is 17.3 Å². The number of aryl methyl sites for hydroxylation is 2. The summed E-state index contributed by atoms with van der Waals surface area (Å²) in [5, 5.41) is 5.66. The topological polar surface area (TPSA) is 49.4 Å². The Kier molecular flexibility index (Phi) is 5.50. The van der Waals surface area contributed by atoms with Crippen LogP contribution in [0.4, 0.5) is 5.00 Å². The van der Waals surface area contributed by atoms with Gasteiger partial charge in [0.2, 0.25) is 5.91 Å². The van der Waals surface area contributed by atoms with E-state index in [1.54, 1.807) is 16.2 Å². The lowest BCUT2D eigenvalue weighted by Gasteiger charge is -2.17. The molecule has 2 aromatic heterocycles. The van der Waals surface area contributed by atoms with Gasteiger partial charge in [-0.3, -0.25) is 9.59 Å². The van der Waals surface area contributed by atoms with E-state index in [9.17, 15) is 9.59 Å². The third kappa shape index (κ3) is 4.24. The highest BCUT2D eigenvalue weighted by molar-refractivity contribution is 7.18. The smallest absolute Gasteiger partial charge is 0.264 e. The first-order chi connectivity index (χ1) is 11.1. The standard InChI is InChI=1S/C18H24N2O2S2/c1-11-7-8-23-13(11)10-20(6)16(21)15-12(2)9-14(24-15)19-17(22)18(3,4)5/h7-9H,10H2,1-6H3,(H,19,22). The van der Waals surface area contributed by atoms with Gasteiger partial charge >= 0.3 is 0 Å². The van der Waals surface area contributed by atoms with Crippen molar-refractivity contribution < 1.29 is 9.59 Å². The minimum Gasteiger partial charge on any atom is -0.336 e. The maximum Gasteiger partial charge on any atom is 0.264 e. The van der Waals surface area contributed by atoms with Crippen molar-refractivity contribution in [2.75, 3.05) is 12.4 Å². The van der Waals surface area contributed by atoms with Crippen molar-refractivity contribution in [2.24, 2.45) is 5.41 Å². The normalized spacial score (nSPS) is 11.4. The molecule has 0 aliphatic heterocycles. The molecule has 0 bridgehead atoms. The van der Waals surface area contributed by atoms with Crippen LogP contribution in [0.1, 0.15) is 46.4 Å². The fraction of sp³-hybridized carbons (Fsp3) is 0.444. The Morgan fingerprint density at radius 1 is 1.21 bits per heavy atom. The van der Waals surface area contributed by atoms with Crippen molar-refractivity contribution in [3.8, 4) is 0 Å². The number of carbonyl (C=O) groups is 2. The van der Waals surface area contributed by atoms with Crippen molar-refractivity contribution >= 4 is 39.5 Å². The lowest BCUT2D eigenvalue weighted by molar-refractivity contribution is -0.123. The van der Waals surface area contributed by atoms with E-state index in [0.717, 1.165) is 10.6 Å². The Bertz CT molecular complexity index is 753. The number of thiophene rings is 2. The molecule has 0 fully saturated rings. The molecule has 0 unspecified atom stereocenters. The van der Waals surface area contributed by atoms with E-state index in [1.807, 2.05) is 46.2 Å². The van der Waals surface area contributed by atoms with Crippen LogP contribution in [0.25, 0.3) is 0 Å². The van der Waals surface area contributed by atoms with Crippen molar-refractivity contribution in [3.63, 3.8) is 0 Å². The molecule has 0 aliphatic rings. The van der Waals surface area contributed by atoms with E-state index in [4.69, 9.17) is 0 Å². The lowest BCUT2D eigenvalue weighted by atomic mass is 9.96. The highest BCUT2D eigenvalue weighted by atomic mass is 32.1. The van der Waals surface area contributed by atoms with Gasteiger partial charge in [0.25, 0.3) is 5.91 Å². The number of rotatable bonds is 4. The molecule has 4 nitrogen and oxygen atoms in total. The first kappa shape index (κ1) is 18.7. The summed E-state index contributed by atoms with van der Waals surface area (Å²) in [6, 6.07) is 3.93. The first-order valence-corrected chi connectivity index (χ1v) is 9.49. The van der Waals surface area contributed by atoms with E-state index in [1.165, 1.54) is 21.8 Å². The molecular weight excluding hydrogens is 340 g/mol. The van der Waals surface area contributed by atoms with Gasteiger partial charge in [-0.2, -0.15) is 0 Å². The van der Waals surface area contributed by atoms with E-state index in [0.29, 0.717) is 11.4 Å². The fourth-order valence-corrected chi connectivity index (χ4v) is 4.10. The number of hydrogen-bond donors (Lipinski definition) is 1. The van der Waals surface area contributed by atoms with Gasteiger partial charge in [-0.05, 0) is 42.5 Å². The number of carbonyl (C=O) groups excluding carboxylic acids is 2. The van der Waals surface area contributed by atoms with E-state index in [2.05, 4.69) is 18.3 Å². The molecule has 2 aromatic rings. The third-order valence-corrected chi connectivity index (χ3v) is 5.87. The van der Waals surface area contributed by atoms with Crippen molar-refractivity contribution in [1.82, 2.24) is 4.90 Å². The van der Waals surface area contributed by atoms with Crippen molar-refractivity contribution in [2.45, 2.75) is 41.2 Å². The van der Waals surface area contributed by atoms with E-state index < -0.39 is 5.41 Å². The number of amides is 2. The molecular formula is C18H24N2O2S2. The Balaban J connectivity index is 2.12. The average molecular weight is 365 g/mol. The van der Waals surface area contributed by atoms with Crippen LogP contribution in [0, 0.1) is 19.3 Å². The van der Waals surface area contributed by atoms with Crippen LogP contribution in [-0.4, -0.2) is 23.8 Å².